The van der Waals surface area contributed by atoms with Crippen LogP contribution in [0.2, 0.25) is 5.02 Å². The number of fused-ring (bicyclic) bond motifs is 2. The smallest absolute Gasteiger partial charge is 0.254 e. The summed E-state index contributed by atoms with van der Waals surface area (Å²) in [6.07, 6.45) is -0.494. The van der Waals surface area contributed by atoms with Crippen LogP contribution in [0.25, 0.3) is 10.8 Å². The Balaban J connectivity index is 1.20. The van der Waals surface area contributed by atoms with Crippen LogP contribution >= 0.6 is 11.6 Å². The van der Waals surface area contributed by atoms with Crippen molar-refractivity contribution in [2.45, 2.75) is 36.4 Å². The number of amides is 2. The number of aliphatic hydroxyl groups is 1. The molecule has 0 aliphatic carbocycles. The summed E-state index contributed by atoms with van der Waals surface area (Å²) >= 11 is 5.99. The number of benzene rings is 3. The third kappa shape index (κ3) is 4.66. The van der Waals surface area contributed by atoms with Gasteiger partial charge in [0.1, 0.15) is 6.10 Å². The molecule has 7 nitrogen and oxygen atoms in total. The number of nitrogens with zero attached hydrogens (tertiary/aromatic N) is 2. The van der Waals surface area contributed by atoms with Crippen molar-refractivity contribution in [1.29, 1.82) is 0 Å². The first-order chi connectivity index (χ1) is 16.7. The first kappa shape index (κ1) is 23.8. The average molecular weight is 513 g/mol. The Morgan fingerprint density at radius 1 is 1.03 bits per heavy atom. The van der Waals surface area contributed by atoms with Gasteiger partial charge in [0, 0.05) is 36.3 Å². The average Bonchev–Trinajstić information content (AvgIpc) is 3.19. The lowest BCUT2D eigenvalue weighted by atomic mass is 10.0. The molecule has 182 valence electrons. The van der Waals surface area contributed by atoms with Gasteiger partial charge >= 0.3 is 0 Å². The van der Waals surface area contributed by atoms with E-state index < -0.39 is 27.6 Å². The van der Waals surface area contributed by atoms with E-state index in [9.17, 15) is 23.1 Å². The van der Waals surface area contributed by atoms with E-state index in [1.54, 1.807) is 24.3 Å². The maximum atomic E-state index is 12.9. The van der Waals surface area contributed by atoms with Gasteiger partial charge in [0.2, 0.25) is 0 Å². The summed E-state index contributed by atoms with van der Waals surface area (Å²) in [4.78, 5) is 29.0. The van der Waals surface area contributed by atoms with Gasteiger partial charge in [-0.2, -0.15) is 0 Å². The summed E-state index contributed by atoms with van der Waals surface area (Å²) in [5, 5.41) is 12.6. The number of carbonyl (C=O) groups is 2. The second kappa shape index (κ2) is 9.26. The molecule has 1 saturated heterocycles. The summed E-state index contributed by atoms with van der Waals surface area (Å²) in [5.74, 6) is -1.28. The van der Waals surface area contributed by atoms with E-state index in [1.165, 1.54) is 17.0 Å². The SMILES string of the molecule is O=C([C@@H](O)CS(=O)(=O)c1ccc2cc(Cl)ccc2c1)N1CCC(N2Cc3ccccc3C2=O)CC1. The molecule has 35 heavy (non-hydrogen) atoms. The highest BCUT2D eigenvalue weighted by atomic mass is 35.5. The Morgan fingerprint density at radius 3 is 2.46 bits per heavy atom. The predicted molar refractivity (Wildman–Crippen MR) is 133 cm³/mol. The summed E-state index contributed by atoms with van der Waals surface area (Å²) in [7, 11) is -3.89. The van der Waals surface area contributed by atoms with Crippen LogP contribution in [0.4, 0.5) is 0 Å². The minimum Gasteiger partial charge on any atom is -0.382 e. The monoisotopic (exact) mass is 512 g/mol. The zero-order chi connectivity index (χ0) is 24.7. The van der Waals surface area contributed by atoms with Gasteiger partial charge in [-0.05, 0) is 59.5 Å². The Morgan fingerprint density at radius 2 is 1.71 bits per heavy atom. The molecule has 1 fully saturated rings. The van der Waals surface area contributed by atoms with E-state index in [0.717, 1.165) is 16.5 Å². The normalized spacial score (nSPS) is 17.6. The Hall–Kier alpha value is -2.94. The van der Waals surface area contributed by atoms with Gasteiger partial charge in [0.05, 0.1) is 10.6 Å². The Bertz CT molecular complexity index is 1420. The van der Waals surface area contributed by atoms with Crippen LogP contribution < -0.4 is 0 Å². The second-order valence-electron chi connectivity index (χ2n) is 9.10. The van der Waals surface area contributed by atoms with Crippen molar-refractivity contribution in [2.75, 3.05) is 18.8 Å². The molecule has 0 spiro atoms. The molecule has 0 radical (unpaired) electrons. The van der Waals surface area contributed by atoms with Crippen LogP contribution in [0.5, 0.6) is 0 Å². The lowest BCUT2D eigenvalue weighted by Gasteiger charge is -2.37. The number of sulfone groups is 1. The quantitative estimate of drug-likeness (QED) is 0.566. The fourth-order valence-electron chi connectivity index (χ4n) is 4.94. The predicted octanol–water partition coefficient (Wildman–Crippen LogP) is 3.27. The van der Waals surface area contributed by atoms with Crippen LogP contribution in [0.15, 0.2) is 65.6 Å². The first-order valence-corrected chi connectivity index (χ1v) is 13.5. The number of aliphatic hydroxyl groups excluding tert-OH is 1. The molecule has 0 aromatic heterocycles. The molecule has 1 N–H and O–H groups in total. The third-order valence-electron chi connectivity index (χ3n) is 6.86. The molecule has 2 aliphatic rings. The summed E-state index contributed by atoms with van der Waals surface area (Å²) in [6, 6.07) is 17.3. The van der Waals surface area contributed by atoms with E-state index >= 15 is 0 Å². The van der Waals surface area contributed by atoms with Gasteiger partial charge in [-0.15, -0.1) is 0 Å². The molecule has 3 aromatic rings. The van der Waals surface area contributed by atoms with E-state index in [-0.39, 0.29) is 16.8 Å². The number of hydrogen-bond donors (Lipinski definition) is 1. The van der Waals surface area contributed by atoms with Gasteiger partial charge in [-0.3, -0.25) is 9.59 Å². The number of halogens is 1. The molecule has 0 bridgehead atoms. The maximum Gasteiger partial charge on any atom is 0.254 e. The molecule has 0 saturated carbocycles. The minimum absolute atomic E-state index is 0.00549. The van der Waals surface area contributed by atoms with Gasteiger partial charge in [-0.25, -0.2) is 8.42 Å². The van der Waals surface area contributed by atoms with Crippen LogP contribution in [-0.4, -0.2) is 66.1 Å². The van der Waals surface area contributed by atoms with Gasteiger partial charge in [0.15, 0.2) is 9.84 Å². The molecule has 2 heterocycles. The topological polar surface area (TPSA) is 95.0 Å². The van der Waals surface area contributed by atoms with Crippen molar-refractivity contribution in [3.05, 3.63) is 76.8 Å². The van der Waals surface area contributed by atoms with Crippen molar-refractivity contribution in [3.63, 3.8) is 0 Å². The number of likely N-dealkylation sites (tertiary alicyclic amines) is 1. The van der Waals surface area contributed by atoms with E-state index in [0.29, 0.717) is 42.9 Å². The van der Waals surface area contributed by atoms with E-state index in [2.05, 4.69) is 0 Å². The van der Waals surface area contributed by atoms with Crippen LogP contribution in [0, 0.1) is 0 Å². The number of piperidine rings is 1. The number of carbonyl (C=O) groups excluding carboxylic acids is 2. The van der Waals surface area contributed by atoms with Gasteiger partial charge < -0.3 is 14.9 Å². The molecule has 1 atom stereocenters. The van der Waals surface area contributed by atoms with Crippen molar-refractivity contribution in [2.24, 2.45) is 0 Å². The standard InChI is InChI=1S/C26H25ClN2O5S/c27-20-7-5-18-14-22(8-6-17(18)13-20)35(33,34)16-24(30)26(32)28-11-9-21(10-12-28)29-15-19-3-1-2-4-23(19)25(29)31/h1-8,13-14,21,24,30H,9-12,15-16H2/t24-/m0/s1. The number of rotatable bonds is 5. The lowest BCUT2D eigenvalue weighted by Crippen LogP contribution is -2.50. The van der Waals surface area contributed by atoms with Crippen LogP contribution in [-0.2, 0) is 21.2 Å². The van der Waals surface area contributed by atoms with Crippen LogP contribution in [0.1, 0.15) is 28.8 Å². The maximum absolute atomic E-state index is 12.9. The molecule has 5 rings (SSSR count). The Labute approximate surface area is 208 Å². The van der Waals surface area contributed by atoms with Gasteiger partial charge in [0.25, 0.3) is 11.8 Å². The molecular formula is C26H25ClN2O5S. The summed E-state index contributed by atoms with van der Waals surface area (Å²) in [5.41, 5.74) is 1.73. The minimum atomic E-state index is -3.89. The summed E-state index contributed by atoms with van der Waals surface area (Å²) < 4.78 is 25.8. The molecule has 2 aliphatic heterocycles. The molecule has 2 amide bonds. The van der Waals surface area contributed by atoms with E-state index in [4.69, 9.17) is 11.6 Å². The Kier molecular flexibility index (Phi) is 6.29. The number of hydrogen-bond acceptors (Lipinski definition) is 5. The van der Waals surface area contributed by atoms with E-state index in [1.807, 2.05) is 29.2 Å². The largest absolute Gasteiger partial charge is 0.382 e. The van der Waals surface area contributed by atoms with Gasteiger partial charge in [-0.1, -0.05) is 41.9 Å². The second-order valence-corrected chi connectivity index (χ2v) is 11.6. The van der Waals surface area contributed by atoms with Crippen molar-refractivity contribution >= 4 is 44.0 Å². The van der Waals surface area contributed by atoms with Crippen molar-refractivity contribution < 1.29 is 23.1 Å². The third-order valence-corrected chi connectivity index (χ3v) is 8.82. The zero-order valence-corrected chi connectivity index (χ0v) is 20.5. The molecule has 0 unspecified atom stereocenters. The molecule has 3 aromatic carbocycles. The first-order valence-electron chi connectivity index (χ1n) is 11.5. The van der Waals surface area contributed by atoms with Crippen molar-refractivity contribution in [1.82, 2.24) is 9.80 Å². The highest BCUT2D eigenvalue weighted by Crippen LogP contribution is 2.29. The highest BCUT2D eigenvalue weighted by Gasteiger charge is 2.36. The fourth-order valence-corrected chi connectivity index (χ4v) is 6.46. The van der Waals surface area contributed by atoms with Crippen molar-refractivity contribution in [3.8, 4) is 0 Å². The molecule has 9 heteroatoms. The highest BCUT2D eigenvalue weighted by molar-refractivity contribution is 7.91. The summed E-state index contributed by atoms with van der Waals surface area (Å²) in [6.45, 7) is 1.28. The molecular weight excluding hydrogens is 488 g/mol. The zero-order valence-electron chi connectivity index (χ0n) is 18.9. The van der Waals surface area contributed by atoms with Crippen LogP contribution in [0.3, 0.4) is 0 Å². The fraction of sp³-hybridized carbons (Fsp3) is 0.308. The lowest BCUT2D eigenvalue weighted by molar-refractivity contribution is -0.140.